The Bertz CT molecular complexity index is 134. The topological polar surface area (TPSA) is 0 Å². The summed E-state index contributed by atoms with van der Waals surface area (Å²) in [5, 5.41) is 0. The van der Waals surface area contributed by atoms with E-state index in [4.69, 9.17) is 0 Å². The van der Waals surface area contributed by atoms with E-state index in [1.165, 1.54) is 23.7 Å². The molecule has 56 valence electrons. The first-order valence-corrected chi connectivity index (χ1v) is 4.95. The Hall–Kier alpha value is 0. The fourth-order valence-corrected chi connectivity index (χ4v) is 4.02. The van der Waals surface area contributed by atoms with Gasteiger partial charge in [0, 0.05) is 0 Å². The summed E-state index contributed by atoms with van der Waals surface area (Å²) in [7, 11) is 0. The van der Waals surface area contributed by atoms with Crippen molar-refractivity contribution in [3.05, 3.63) is 0 Å². The van der Waals surface area contributed by atoms with Gasteiger partial charge in [-0.1, -0.05) is 6.42 Å². The summed E-state index contributed by atoms with van der Waals surface area (Å²) >= 11 is 0. The van der Waals surface area contributed by atoms with Crippen LogP contribution in [0.1, 0.15) is 38.5 Å². The van der Waals surface area contributed by atoms with Crippen LogP contribution >= 0.6 is 0 Å². The number of fused-ring (bicyclic) bond motifs is 5. The van der Waals surface area contributed by atoms with Gasteiger partial charge >= 0.3 is 0 Å². The van der Waals surface area contributed by atoms with Crippen LogP contribution in [0.15, 0.2) is 0 Å². The molecule has 3 aliphatic rings. The van der Waals surface area contributed by atoms with Crippen molar-refractivity contribution in [1.29, 1.82) is 0 Å². The predicted molar refractivity (Wildman–Crippen MR) is 41.7 cm³/mol. The first-order valence-electron chi connectivity index (χ1n) is 4.95. The van der Waals surface area contributed by atoms with Gasteiger partial charge in [-0.15, -0.1) is 0 Å². The summed E-state index contributed by atoms with van der Waals surface area (Å²) in [5.74, 6) is 4.80. The summed E-state index contributed by atoms with van der Waals surface area (Å²) in [6.07, 6.45) is 9.53. The molecular weight excluding hydrogens is 120 g/mol. The third-order valence-corrected chi connectivity index (χ3v) is 4.35. The van der Waals surface area contributed by atoms with Crippen LogP contribution in [-0.4, -0.2) is 0 Å². The molecule has 0 nitrogen and oxygen atoms in total. The van der Waals surface area contributed by atoms with Gasteiger partial charge in [0.25, 0.3) is 0 Å². The molecule has 0 amide bonds. The molecule has 3 rings (SSSR count). The zero-order valence-electron chi connectivity index (χ0n) is 6.55. The average Bonchev–Trinajstić information content (AvgIpc) is 2.60. The lowest BCUT2D eigenvalue weighted by molar-refractivity contribution is 0.259. The number of rotatable bonds is 0. The number of hydrogen-bond donors (Lipinski definition) is 0. The Balaban J connectivity index is 1.92. The Morgan fingerprint density at radius 2 is 1.30 bits per heavy atom. The second-order valence-electron chi connectivity index (χ2n) is 4.59. The lowest BCUT2D eigenvalue weighted by atomic mass is 9.82. The van der Waals surface area contributed by atoms with E-state index in [0.717, 1.165) is 0 Å². The van der Waals surface area contributed by atoms with Gasteiger partial charge in [-0.2, -0.15) is 0 Å². The third kappa shape index (κ3) is 0.538. The second-order valence-corrected chi connectivity index (χ2v) is 4.59. The third-order valence-electron chi connectivity index (χ3n) is 4.35. The van der Waals surface area contributed by atoms with Gasteiger partial charge in [-0.25, -0.2) is 0 Å². The van der Waals surface area contributed by atoms with E-state index in [0.29, 0.717) is 0 Å². The highest BCUT2D eigenvalue weighted by Crippen LogP contribution is 2.58. The normalized spacial score (nSPS) is 57.6. The molecule has 0 radical (unpaired) electrons. The van der Waals surface area contributed by atoms with E-state index in [1.54, 1.807) is 38.5 Å². The summed E-state index contributed by atoms with van der Waals surface area (Å²) in [5.41, 5.74) is 0. The molecule has 0 aromatic heterocycles. The van der Waals surface area contributed by atoms with Gasteiger partial charge in [-0.05, 0) is 55.8 Å². The van der Waals surface area contributed by atoms with Crippen LogP contribution in [-0.2, 0) is 0 Å². The van der Waals surface area contributed by atoms with Gasteiger partial charge in [0.05, 0.1) is 0 Å². The van der Waals surface area contributed by atoms with E-state index in [1.807, 2.05) is 0 Å². The van der Waals surface area contributed by atoms with Crippen molar-refractivity contribution in [3.8, 4) is 0 Å². The molecule has 0 aliphatic heterocycles. The highest BCUT2D eigenvalue weighted by Gasteiger charge is 2.48. The molecule has 10 heavy (non-hydrogen) atoms. The molecule has 3 aliphatic carbocycles. The van der Waals surface area contributed by atoms with Crippen LogP contribution in [0.2, 0.25) is 0 Å². The molecule has 0 N–H and O–H groups in total. The molecule has 0 spiro atoms. The van der Waals surface area contributed by atoms with E-state index in [2.05, 4.69) is 0 Å². The monoisotopic (exact) mass is 136 g/mol. The van der Waals surface area contributed by atoms with Crippen molar-refractivity contribution in [3.63, 3.8) is 0 Å². The summed E-state index contributed by atoms with van der Waals surface area (Å²) in [6.45, 7) is 0. The largest absolute Gasteiger partial charge is 0.0527 e. The lowest BCUT2D eigenvalue weighted by Crippen LogP contribution is -2.15. The zero-order chi connectivity index (χ0) is 6.55. The van der Waals surface area contributed by atoms with Crippen molar-refractivity contribution in [1.82, 2.24) is 0 Å². The van der Waals surface area contributed by atoms with Gasteiger partial charge < -0.3 is 0 Å². The summed E-state index contributed by atoms with van der Waals surface area (Å²) in [6, 6.07) is 0. The molecular formula is C10H16. The second kappa shape index (κ2) is 1.78. The van der Waals surface area contributed by atoms with Crippen molar-refractivity contribution in [2.24, 2.45) is 23.7 Å². The van der Waals surface area contributed by atoms with Crippen LogP contribution < -0.4 is 0 Å². The first kappa shape index (κ1) is 5.62. The standard InChI is InChI=1S/C10H16/c1-2-9-7-4-5-8(6-7)10(9)3-1/h7-10H,1-6H2/t7?,8?,9-,10+. The molecule has 3 saturated carbocycles. The quantitative estimate of drug-likeness (QED) is 0.480. The molecule has 0 saturated heterocycles. The van der Waals surface area contributed by atoms with Gasteiger partial charge in [0.15, 0.2) is 0 Å². The highest BCUT2D eigenvalue weighted by molar-refractivity contribution is 4.98. The molecule has 2 unspecified atom stereocenters. The maximum atomic E-state index is 1.62. The van der Waals surface area contributed by atoms with Crippen LogP contribution in [0.3, 0.4) is 0 Å². The van der Waals surface area contributed by atoms with Crippen LogP contribution in [0.25, 0.3) is 0 Å². The molecule has 0 heteroatoms. The minimum atomic E-state index is 1.19. The fourth-order valence-electron chi connectivity index (χ4n) is 4.02. The number of hydrogen-bond acceptors (Lipinski definition) is 0. The van der Waals surface area contributed by atoms with Crippen LogP contribution in [0, 0.1) is 23.7 Å². The Labute approximate surface area is 63.0 Å². The molecule has 0 aromatic carbocycles. The summed E-state index contributed by atoms with van der Waals surface area (Å²) in [4.78, 5) is 0. The van der Waals surface area contributed by atoms with Crippen molar-refractivity contribution >= 4 is 0 Å². The maximum Gasteiger partial charge on any atom is -0.0355 e. The molecule has 0 aromatic rings. The molecule has 4 atom stereocenters. The molecule has 2 bridgehead atoms. The van der Waals surface area contributed by atoms with E-state index in [9.17, 15) is 0 Å². The predicted octanol–water partition coefficient (Wildman–Crippen LogP) is 2.83. The SMILES string of the molecule is C1C[C@@H]2C3CCC(C3)[C@@H]2C1. The van der Waals surface area contributed by atoms with Crippen molar-refractivity contribution in [2.45, 2.75) is 38.5 Å². The molecule has 3 fully saturated rings. The van der Waals surface area contributed by atoms with E-state index >= 15 is 0 Å². The van der Waals surface area contributed by atoms with Gasteiger partial charge in [0.2, 0.25) is 0 Å². The Morgan fingerprint density at radius 3 is 1.90 bits per heavy atom. The highest BCUT2D eigenvalue weighted by atomic mass is 14.5. The minimum absolute atomic E-state index is 1.19. The van der Waals surface area contributed by atoms with E-state index < -0.39 is 0 Å². The lowest BCUT2D eigenvalue weighted by Gasteiger charge is -2.23. The maximum absolute atomic E-state index is 1.62. The zero-order valence-corrected chi connectivity index (χ0v) is 6.55. The summed E-state index contributed by atoms with van der Waals surface area (Å²) < 4.78 is 0. The van der Waals surface area contributed by atoms with Crippen molar-refractivity contribution in [2.75, 3.05) is 0 Å². The van der Waals surface area contributed by atoms with Crippen molar-refractivity contribution < 1.29 is 0 Å². The van der Waals surface area contributed by atoms with Crippen LogP contribution in [0.5, 0.6) is 0 Å². The van der Waals surface area contributed by atoms with Gasteiger partial charge in [0.1, 0.15) is 0 Å². The average molecular weight is 136 g/mol. The van der Waals surface area contributed by atoms with Gasteiger partial charge in [-0.3, -0.25) is 0 Å². The fraction of sp³-hybridized carbons (Fsp3) is 1.00. The Morgan fingerprint density at radius 1 is 0.700 bits per heavy atom. The Kier molecular flexibility index (Phi) is 1.00. The molecule has 0 heterocycles. The minimum Gasteiger partial charge on any atom is -0.0527 e. The van der Waals surface area contributed by atoms with E-state index in [-0.39, 0.29) is 0 Å². The smallest absolute Gasteiger partial charge is 0.0355 e. The first-order chi connectivity index (χ1) is 4.95. The van der Waals surface area contributed by atoms with Crippen LogP contribution in [0.4, 0.5) is 0 Å².